The molecule has 1 heterocycles. The number of anilines is 1. The number of carbonyl (C=O) groups excluding carboxylic acids is 2. The Morgan fingerprint density at radius 2 is 2.04 bits per heavy atom. The molecule has 1 aliphatic rings. The monoisotopic (exact) mass is 346 g/mol. The minimum absolute atomic E-state index is 0.0312. The molecule has 2 aromatic carbocycles. The number of hydrogen-bond acceptors (Lipinski definition) is 3. The number of ether oxygens (including phenoxy) is 1. The zero-order chi connectivity index (χ0) is 18.1. The van der Waals surface area contributed by atoms with E-state index in [1.54, 1.807) is 25.1 Å². The summed E-state index contributed by atoms with van der Waals surface area (Å²) in [6.45, 7) is 1.55. The van der Waals surface area contributed by atoms with Crippen molar-refractivity contribution >= 4 is 17.5 Å². The SMILES string of the molecule is C[C@@H]1Oc2c(cccc2C(=O)N(C)Cc2ccc(F)cc2F)NC1=O. The van der Waals surface area contributed by atoms with Crippen molar-refractivity contribution in [1.29, 1.82) is 0 Å². The third-order valence-corrected chi connectivity index (χ3v) is 3.94. The molecule has 0 bridgehead atoms. The van der Waals surface area contributed by atoms with Gasteiger partial charge in [-0.05, 0) is 25.1 Å². The molecule has 0 saturated heterocycles. The summed E-state index contributed by atoms with van der Waals surface area (Å²) in [6, 6.07) is 8.05. The molecule has 1 atom stereocenters. The first-order valence-electron chi connectivity index (χ1n) is 7.66. The molecule has 130 valence electrons. The molecule has 3 rings (SSSR count). The van der Waals surface area contributed by atoms with Crippen LogP contribution in [0.2, 0.25) is 0 Å². The lowest BCUT2D eigenvalue weighted by atomic mass is 10.1. The van der Waals surface area contributed by atoms with E-state index in [0.29, 0.717) is 5.69 Å². The van der Waals surface area contributed by atoms with E-state index >= 15 is 0 Å². The summed E-state index contributed by atoms with van der Waals surface area (Å²) in [5.41, 5.74) is 0.870. The van der Waals surface area contributed by atoms with E-state index in [-0.39, 0.29) is 29.3 Å². The molecule has 1 N–H and O–H groups in total. The number of amides is 2. The largest absolute Gasteiger partial charge is 0.478 e. The second-order valence-corrected chi connectivity index (χ2v) is 5.83. The predicted molar refractivity (Wildman–Crippen MR) is 87.3 cm³/mol. The molecule has 0 unspecified atom stereocenters. The summed E-state index contributed by atoms with van der Waals surface area (Å²) in [4.78, 5) is 25.7. The first-order valence-corrected chi connectivity index (χ1v) is 7.66. The minimum Gasteiger partial charge on any atom is -0.478 e. The van der Waals surface area contributed by atoms with E-state index in [1.807, 2.05) is 0 Å². The fourth-order valence-corrected chi connectivity index (χ4v) is 2.58. The third-order valence-electron chi connectivity index (χ3n) is 3.94. The Morgan fingerprint density at radius 3 is 2.76 bits per heavy atom. The van der Waals surface area contributed by atoms with Crippen molar-refractivity contribution in [3.8, 4) is 5.75 Å². The van der Waals surface area contributed by atoms with Crippen molar-refractivity contribution in [3.63, 3.8) is 0 Å². The van der Waals surface area contributed by atoms with Gasteiger partial charge in [-0.1, -0.05) is 12.1 Å². The van der Waals surface area contributed by atoms with Crippen molar-refractivity contribution in [3.05, 3.63) is 59.2 Å². The lowest BCUT2D eigenvalue weighted by Crippen LogP contribution is -2.36. The molecule has 0 radical (unpaired) electrons. The Labute approximate surface area is 143 Å². The molecule has 0 fully saturated rings. The van der Waals surface area contributed by atoms with E-state index in [2.05, 4.69) is 5.32 Å². The van der Waals surface area contributed by atoms with Crippen molar-refractivity contribution < 1.29 is 23.1 Å². The fraction of sp³-hybridized carbons (Fsp3) is 0.222. The molecule has 5 nitrogen and oxygen atoms in total. The molecule has 1 aliphatic heterocycles. The molecule has 0 spiro atoms. The first kappa shape index (κ1) is 16.9. The molecule has 2 amide bonds. The third kappa shape index (κ3) is 3.31. The van der Waals surface area contributed by atoms with Gasteiger partial charge < -0.3 is 15.0 Å². The van der Waals surface area contributed by atoms with Gasteiger partial charge >= 0.3 is 0 Å². The zero-order valence-electron chi connectivity index (χ0n) is 13.7. The summed E-state index contributed by atoms with van der Waals surface area (Å²) in [5.74, 6) is -1.80. The average molecular weight is 346 g/mol. The summed E-state index contributed by atoms with van der Waals surface area (Å²) >= 11 is 0. The number of hydrogen-bond donors (Lipinski definition) is 1. The molecule has 0 saturated carbocycles. The van der Waals surface area contributed by atoms with Gasteiger partial charge in [0.15, 0.2) is 11.9 Å². The van der Waals surface area contributed by atoms with Gasteiger partial charge in [0.05, 0.1) is 11.3 Å². The average Bonchev–Trinajstić information content (AvgIpc) is 2.57. The van der Waals surface area contributed by atoms with Crippen molar-refractivity contribution in [1.82, 2.24) is 4.90 Å². The van der Waals surface area contributed by atoms with Crippen LogP contribution in [0.5, 0.6) is 5.75 Å². The lowest BCUT2D eigenvalue weighted by Gasteiger charge is -2.26. The molecule has 0 aromatic heterocycles. The highest BCUT2D eigenvalue weighted by Crippen LogP contribution is 2.34. The molecule has 25 heavy (non-hydrogen) atoms. The van der Waals surface area contributed by atoms with Gasteiger partial charge in [-0.2, -0.15) is 0 Å². The minimum atomic E-state index is -0.721. The van der Waals surface area contributed by atoms with Crippen LogP contribution in [0.3, 0.4) is 0 Å². The summed E-state index contributed by atoms with van der Waals surface area (Å²) in [6.07, 6.45) is -0.721. The maximum Gasteiger partial charge on any atom is 0.265 e. The predicted octanol–water partition coefficient (Wildman–Crippen LogP) is 2.96. The van der Waals surface area contributed by atoms with Crippen LogP contribution < -0.4 is 10.1 Å². The molecular formula is C18H16F2N2O3. The number of para-hydroxylation sites is 1. The van der Waals surface area contributed by atoms with E-state index in [9.17, 15) is 18.4 Å². The van der Waals surface area contributed by atoms with E-state index in [4.69, 9.17) is 4.74 Å². The van der Waals surface area contributed by atoms with Crippen molar-refractivity contribution in [2.75, 3.05) is 12.4 Å². The standard InChI is InChI=1S/C18H16F2N2O3/c1-10-17(23)21-15-5-3-4-13(16(15)25-10)18(24)22(2)9-11-6-7-12(19)8-14(11)20/h3-8,10H,9H2,1-2H3,(H,21,23)/t10-/m0/s1. The van der Waals surface area contributed by atoms with Gasteiger partial charge in [0.1, 0.15) is 11.6 Å². The fourth-order valence-electron chi connectivity index (χ4n) is 2.58. The Balaban J connectivity index is 1.86. The second kappa shape index (κ2) is 6.51. The van der Waals surface area contributed by atoms with Crippen LogP contribution >= 0.6 is 0 Å². The number of benzene rings is 2. The number of rotatable bonds is 3. The van der Waals surface area contributed by atoms with E-state index in [1.165, 1.54) is 18.0 Å². The number of halogens is 2. The Kier molecular flexibility index (Phi) is 4.39. The molecule has 2 aromatic rings. The Morgan fingerprint density at radius 1 is 1.28 bits per heavy atom. The first-order chi connectivity index (χ1) is 11.9. The summed E-state index contributed by atoms with van der Waals surface area (Å²) in [5, 5.41) is 2.67. The highest BCUT2D eigenvalue weighted by atomic mass is 19.1. The van der Waals surface area contributed by atoms with Crippen LogP contribution in [0.1, 0.15) is 22.8 Å². The maximum atomic E-state index is 13.8. The van der Waals surface area contributed by atoms with Gasteiger partial charge in [-0.3, -0.25) is 9.59 Å². The lowest BCUT2D eigenvalue weighted by molar-refractivity contribution is -0.122. The van der Waals surface area contributed by atoms with Gasteiger partial charge in [-0.25, -0.2) is 8.78 Å². The highest BCUT2D eigenvalue weighted by molar-refractivity contribution is 6.03. The van der Waals surface area contributed by atoms with E-state index in [0.717, 1.165) is 12.1 Å². The summed E-state index contributed by atoms with van der Waals surface area (Å²) < 4.78 is 32.3. The topological polar surface area (TPSA) is 58.6 Å². The van der Waals surface area contributed by atoms with Gasteiger partial charge in [0.25, 0.3) is 11.8 Å². The molecule has 0 aliphatic carbocycles. The quantitative estimate of drug-likeness (QED) is 0.930. The number of carbonyl (C=O) groups is 2. The van der Waals surface area contributed by atoms with Crippen LogP contribution in [-0.4, -0.2) is 29.9 Å². The van der Waals surface area contributed by atoms with Crippen LogP contribution in [0.15, 0.2) is 36.4 Å². The van der Waals surface area contributed by atoms with Crippen LogP contribution in [0, 0.1) is 11.6 Å². The van der Waals surface area contributed by atoms with Gasteiger partial charge in [-0.15, -0.1) is 0 Å². The maximum absolute atomic E-state index is 13.8. The molecule has 7 heteroatoms. The Bertz CT molecular complexity index is 854. The number of nitrogens with one attached hydrogen (secondary N) is 1. The summed E-state index contributed by atoms with van der Waals surface area (Å²) in [7, 11) is 1.51. The van der Waals surface area contributed by atoms with Crippen LogP contribution in [-0.2, 0) is 11.3 Å². The smallest absolute Gasteiger partial charge is 0.265 e. The number of fused-ring (bicyclic) bond motifs is 1. The van der Waals surface area contributed by atoms with E-state index < -0.39 is 23.6 Å². The van der Waals surface area contributed by atoms with Crippen LogP contribution in [0.25, 0.3) is 0 Å². The Hall–Kier alpha value is -2.96. The van der Waals surface area contributed by atoms with Crippen molar-refractivity contribution in [2.45, 2.75) is 19.6 Å². The zero-order valence-corrected chi connectivity index (χ0v) is 13.7. The normalized spacial score (nSPS) is 15.8. The second-order valence-electron chi connectivity index (χ2n) is 5.83. The van der Waals surface area contributed by atoms with Gasteiger partial charge in [0.2, 0.25) is 0 Å². The number of nitrogens with zero attached hydrogens (tertiary/aromatic N) is 1. The highest BCUT2D eigenvalue weighted by Gasteiger charge is 2.28. The molecular weight excluding hydrogens is 330 g/mol. The van der Waals surface area contributed by atoms with Gasteiger partial charge in [0, 0.05) is 25.2 Å². The van der Waals surface area contributed by atoms with Crippen LogP contribution in [0.4, 0.5) is 14.5 Å². The van der Waals surface area contributed by atoms with Crippen molar-refractivity contribution in [2.24, 2.45) is 0 Å².